The molecule has 6 rings (SSSR count). The van der Waals surface area contributed by atoms with Gasteiger partial charge in [0.05, 0.1) is 25.3 Å². The third-order valence-electron chi connectivity index (χ3n) is 7.42. The summed E-state index contributed by atoms with van der Waals surface area (Å²) in [4.78, 5) is 30.3. The van der Waals surface area contributed by atoms with E-state index in [2.05, 4.69) is 9.80 Å². The molecule has 0 atom stereocenters. The molecule has 1 aliphatic heterocycles. The zero-order valence-corrected chi connectivity index (χ0v) is 22.2. The maximum absolute atomic E-state index is 13.1. The van der Waals surface area contributed by atoms with Gasteiger partial charge in [-0.15, -0.1) is 0 Å². The Morgan fingerprint density at radius 2 is 1.60 bits per heavy atom. The van der Waals surface area contributed by atoms with Crippen LogP contribution in [0.2, 0.25) is 0 Å². The smallest absolute Gasteiger partial charge is 0.344 e. The van der Waals surface area contributed by atoms with Crippen molar-refractivity contribution >= 4 is 27.6 Å². The normalized spacial score (nSPS) is 14.1. The monoisotopic (exact) mass is 540 g/mol. The lowest BCUT2D eigenvalue weighted by atomic mass is 9.99. The van der Waals surface area contributed by atoms with E-state index >= 15 is 0 Å². The molecule has 0 unspecified atom stereocenters. The first-order valence-electron chi connectivity index (χ1n) is 13.0. The van der Waals surface area contributed by atoms with Gasteiger partial charge in [0.25, 0.3) is 0 Å². The number of fused-ring (bicyclic) bond motifs is 2. The van der Waals surface area contributed by atoms with Gasteiger partial charge in [-0.1, -0.05) is 12.1 Å². The predicted molar refractivity (Wildman–Crippen MR) is 153 cm³/mol. The number of nitrogens with zero attached hydrogens (tertiary/aromatic N) is 2. The number of piperazine rings is 1. The highest BCUT2D eigenvalue weighted by atomic mass is 16.5. The van der Waals surface area contributed by atoms with Gasteiger partial charge in [0.1, 0.15) is 17.1 Å². The van der Waals surface area contributed by atoms with Crippen LogP contribution in [-0.2, 0) is 6.54 Å². The van der Waals surface area contributed by atoms with E-state index < -0.39 is 11.3 Å². The molecular formula is C31H28N2O7. The van der Waals surface area contributed by atoms with Crippen LogP contribution in [0.1, 0.15) is 5.56 Å². The van der Waals surface area contributed by atoms with E-state index in [1.165, 1.54) is 13.2 Å². The van der Waals surface area contributed by atoms with Gasteiger partial charge in [-0.25, -0.2) is 9.59 Å². The van der Waals surface area contributed by atoms with Crippen molar-refractivity contribution in [2.75, 3.05) is 45.3 Å². The zero-order valence-electron chi connectivity index (χ0n) is 22.2. The summed E-state index contributed by atoms with van der Waals surface area (Å²) < 4.78 is 21.8. The largest absolute Gasteiger partial charge is 0.507 e. The zero-order chi connectivity index (χ0) is 27.8. The minimum atomic E-state index is -0.621. The summed E-state index contributed by atoms with van der Waals surface area (Å²) in [7, 11) is 3.15. The molecule has 0 aliphatic carbocycles. The van der Waals surface area contributed by atoms with Gasteiger partial charge >= 0.3 is 11.3 Å². The molecule has 1 saturated heterocycles. The molecule has 1 fully saturated rings. The van der Waals surface area contributed by atoms with E-state index in [4.69, 9.17) is 18.3 Å². The van der Waals surface area contributed by atoms with Crippen molar-refractivity contribution in [2.45, 2.75) is 6.54 Å². The first-order valence-corrected chi connectivity index (χ1v) is 13.0. The second kappa shape index (κ2) is 10.4. The van der Waals surface area contributed by atoms with E-state index in [0.717, 1.165) is 37.6 Å². The number of para-hydroxylation sites is 1. The molecule has 0 amide bonds. The van der Waals surface area contributed by atoms with Crippen LogP contribution in [0.4, 0.5) is 5.69 Å². The highest BCUT2D eigenvalue weighted by Gasteiger charge is 2.23. The van der Waals surface area contributed by atoms with Gasteiger partial charge in [-0.3, -0.25) is 4.90 Å². The Morgan fingerprint density at radius 1 is 0.825 bits per heavy atom. The number of anilines is 1. The first kappa shape index (κ1) is 25.5. The van der Waals surface area contributed by atoms with Gasteiger partial charge in [0.2, 0.25) is 0 Å². The lowest BCUT2D eigenvalue weighted by molar-refractivity contribution is 0.246. The molecule has 204 valence electrons. The summed E-state index contributed by atoms with van der Waals surface area (Å²) in [5.41, 5.74) is 1.59. The topological polar surface area (TPSA) is 106 Å². The molecule has 9 heteroatoms. The molecule has 0 bridgehead atoms. The van der Waals surface area contributed by atoms with Gasteiger partial charge in [0.15, 0.2) is 11.3 Å². The van der Waals surface area contributed by atoms with Crippen molar-refractivity contribution in [3.63, 3.8) is 0 Å². The van der Waals surface area contributed by atoms with E-state index in [-0.39, 0.29) is 16.9 Å². The molecule has 0 saturated carbocycles. The molecule has 1 aliphatic rings. The molecule has 3 heterocycles. The number of phenols is 1. The highest BCUT2D eigenvalue weighted by Crippen LogP contribution is 2.35. The number of methoxy groups -OCH3 is 2. The van der Waals surface area contributed by atoms with Crippen LogP contribution in [0.25, 0.3) is 33.1 Å². The highest BCUT2D eigenvalue weighted by molar-refractivity contribution is 5.97. The Bertz CT molecular complexity index is 1820. The minimum absolute atomic E-state index is 0.0284. The predicted octanol–water partition coefficient (Wildman–Crippen LogP) is 4.61. The van der Waals surface area contributed by atoms with Gasteiger partial charge in [0, 0.05) is 60.8 Å². The maximum atomic E-state index is 13.1. The fourth-order valence-electron chi connectivity index (χ4n) is 5.29. The van der Waals surface area contributed by atoms with Gasteiger partial charge in [-0.2, -0.15) is 0 Å². The second-order valence-corrected chi connectivity index (χ2v) is 9.71. The van der Waals surface area contributed by atoms with Crippen LogP contribution in [0.15, 0.2) is 85.2 Å². The van der Waals surface area contributed by atoms with Crippen LogP contribution in [0.5, 0.6) is 17.2 Å². The summed E-state index contributed by atoms with van der Waals surface area (Å²) in [5.74, 6) is 1.29. The first-order chi connectivity index (χ1) is 19.4. The Morgan fingerprint density at radius 3 is 2.33 bits per heavy atom. The van der Waals surface area contributed by atoms with Crippen molar-refractivity contribution < 1.29 is 23.4 Å². The number of aromatic hydroxyl groups is 1. The molecule has 3 aromatic carbocycles. The van der Waals surface area contributed by atoms with E-state index in [1.54, 1.807) is 43.5 Å². The molecule has 0 radical (unpaired) electrons. The van der Waals surface area contributed by atoms with E-state index in [1.807, 2.05) is 24.3 Å². The number of ether oxygens (including phenoxy) is 2. The summed E-state index contributed by atoms with van der Waals surface area (Å²) in [5, 5.41) is 12.0. The van der Waals surface area contributed by atoms with Crippen molar-refractivity contribution in [2.24, 2.45) is 0 Å². The summed E-state index contributed by atoms with van der Waals surface area (Å²) in [6, 6.07) is 19.5. The Balaban J connectivity index is 1.33. The summed E-state index contributed by atoms with van der Waals surface area (Å²) in [6.45, 7) is 3.49. The fraction of sp³-hybridized carbons (Fsp3) is 0.226. The SMILES string of the molecule is COc1ccc(N2CCN(Cc3c(O)ccc4c(-c5cc6cccc(OC)c6oc5=O)cc(=O)oc34)CC2)cc1. The van der Waals surface area contributed by atoms with Gasteiger partial charge < -0.3 is 28.3 Å². The maximum Gasteiger partial charge on any atom is 0.344 e. The molecule has 5 aromatic rings. The average molecular weight is 541 g/mol. The van der Waals surface area contributed by atoms with Crippen molar-refractivity contribution in [3.8, 4) is 28.4 Å². The van der Waals surface area contributed by atoms with Crippen LogP contribution in [0.3, 0.4) is 0 Å². The van der Waals surface area contributed by atoms with Crippen LogP contribution >= 0.6 is 0 Å². The van der Waals surface area contributed by atoms with Crippen LogP contribution < -0.4 is 25.6 Å². The Hall–Kier alpha value is -4.76. The summed E-state index contributed by atoms with van der Waals surface area (Å²) >= 11 is 0. The lowest BCUT2D eigenvalue weighted by Gasteiger charge is -2.36. The quantitative estimate of drug-likeness (QED) is 0.309. The fourth-order valence-corrected chi connectivity index (χ4v) is 5.29. The van der Waals surface area contributed by atoms with Crippen molar-refractivity contribution in [1.82, 2.24) is 4.90 Å². The third kappa shape index (κ3) is 4.65. The number of phenolic OH excluding ortho intramolecular Hbond substituents is 1. The second-order valence-electron chi connectivity index (χ2n) is 9.71. The molecule has 9 nitrogen and oxygen atoms in total. The molecule has 0 spiro atoms. The van der Waals surface area contributed by atoms with Crippen LogP contribution in [0, 0.1) is 0 Å². The van der Waals surface area contributed by atoms with E-state index in [9.17, 15) is 14.7 Å². The van der Waals surface area contributed by atoms with Crippen molar-refractivity contribution in [1.29, 1.82) is 0 Å². The summed E-state index contributed by atoms with van der Waals surface area (Å²) in [6.07, 6.45) is 0. The average Bonchev–Trinajstić information content (AvgIpc) is 2.98. The van der Waals surface area contributed by atoms with Crippen LogP contribution in [-0.4, -0.2) is 50.4 Å². The number of rotatable bonds is 6. The minimum Gasteiger partial charge on any atom is -0.507 e. The Labute approximate surface area is 229 Å². The molecular weight excluding hydrogens is 512 g/mol. The van der Waals surface area contributed by atoms with E-state index in [0.29, 0.717) is 39.8 Å². The third-order valence-corrected chi connectivity index (χ3v) is 7.42. The number of benzene rings is 3. The number of hydrogen-bond acceptors (Lipinski definition) is 9. The molecule has 1 N–H and O–H groups in total. The lowest BCUT2D eigenvalue weighted by Crippen LogP contribution is -2.46. The molecule has 40 heavy (non-hydrogen) atoms. The standard InChI is InChI=1S/C31H28N2O7/c1-37-21-8-6-20(7-9-21)33-14-12-32(13-15-33)18-25-26(34)11-10-22-23(17-28(35)39-30(22)25)24-16-19-4-3-5-27(38-2)29(19)40-31(24)36/h3-11,16-17,34H,12-15,18H2,1-2H3. The van der Waals surface area contributed by atoms with Gasteiger partial charge in [-0.05, 0) is 48.5 Å². The molecule has 2 aromatic heterocycles. The number of hydrogen-bond donors (Lipinski definition) is 1. The Kier molecular flexibility index (Phi) is 6.65. The van der Waals surface area contributed by atoms with Crippen molar-refractivity contribution in [3.05, 3.63) is 93.1 Å².